The summed E-state index contributed by atoms with van der Waals surface area (Å²) >= 11 is 0. The Labute approximate surface area is 195 Å². The standard InChI is InChI=1S/C25H30N4O3Si/c1-25(2)19-12-20(30)21(31-3)11-18(19)24-22(25)23(16-7-8-17(13-26)27-14-16)28-29(24)15-32-9-10-33(4,5)6/h7-8,11-12,14,30H,9-10,15H2,1-6H3. The molecule has 33 heavy (non-hydrogen) atoms. The van der Waals surface area contributed by atoms with Gasteiger partial charge in [0.15, 0.2) is 11.5 Å². The normalized spacial score (nSPS) is 14.0. The van der Waals surface area contributed by atoms with Gasteiger partial charge in [-0.3, -0.25) is 0 Å². The molecule has 0 atom stereocenters. The molecule has 172 valence electrons. The van der Waals surface area contributed by atoms with E-state index in [0.29, 0.717) is 24.8 Å². The first kappa shape index (κ1) is 23.0. The Balaban J connectivity index is 1.84. The number of phenols is 1. The van der Waals surface area contributed by atoms with Crippen LogP contribution in [-0.4, -0.2) is 41.7 Å². The summed E-state index contributed by atoms with van der Waals surface area (Å²) in [7, 11) is 0.343. The van der Waals surface area contributed by atoms with E-state index in [2.05, 4.69) is 44.5 Å². The average molecular weight is 463 g/mol. The second-order valence-corrected chi connectivity index (χ2v) is 15.8. The summed E-state index contributed by atoms with van der Waals surface area (Å²) in [5.41, 5.74) is 5.57. The summed E-state index contributed by atoms with van der Waals surface area (Å²) in [4.78, 5) is 4.25. The van der Waals surface area contributed by atoms with E-state index in [0.717, 1.165) is 39.7 Å². The second kappa shape index (κ2) is 8.32. The van der Waals surface area contributed by atoms with Crippen molar-refractivity contribution in [2.45, 2.75) is 51.7 Å². The molecule has 7 nitrogen and oxygen atoms in total. The van der Waals surface area contributed by atoms with Crippen LogP contribution in [0, 0.1) is 11.3 Å². The zero-order chi connectivity index (χ0) is 24.0. The number of phenolic OH excluding ortho intramolecular Hbond substituents is 1. The van der Waals surface area contributed by atoms with Gasteiger partial charge in [0.05, 0.1) is 18.5 Å². The lowest BCUT2D eigenvalue weighted by Crippen LogP contribution is -2.22. The molecule has 1 N–H and O–H groups in total. The van der Waals surface area contributed by atoms with Crippen LogP contribution in [0.4, 0.5) is 0 Å². The Morgan fingerprint density at radius 1 is 1.21 bits per heavy atom. The molecule has 0 saturated carbocycles. The van der Waals surface area contributed by atoms with Crippen LogP contribution in [-0.2, 0) is 16.9 Å². The van der Waals surface area contributed by atoms with E-state index in [-0.39, 0.29) is 5.75 Å². The van der Waals surface area contributed by atoms with Crippen molar-refractivity contribution in [2.75, 3.05) is 13.7 Å². The number of nitrogens with zero attached hydrogens (tertiary/aromatic N) is 4. The molecule has 0 spiro atoms. The highest BCUT2D eigenvalue weighted by Gasteiger charge is 2.42. The second-order valence-electron chi connectivity index (χ2n) is 10.2. The Morgan fingerprint density at radius 3 is 2.58 bits per heavy atom. The predicted octanol–water partition coefficient (Wildman–Crippen LogP) is 5.15. The van der Waals surface area contributed by atoms with Gasteiger partial charge in [-0.2, -0.15) is 10.4 Å². The van der Waals surface area contributed by atoms with Gasteiger partial charge in [0.1, 0.15) is 18.5 Å². The number of aromatic nitrogens is 3. The molecule has 0 aliphatic heterocycles. The molecule has 1 aliphatic rings. The van der Waals surface area contributed by atoms with E-state index in [1.54, 1.807) is 25.4 Å². The van der Waals surface area contributed by atoms with Gasteiger partial charge < -0.3 is 14.6 Å². The first-order valence-corrected chi connectivity index (χ1v) is 14.7. The van der Waals surface area contributed by atoms with Crippen LogP contribution in [0.25, 0.3) is 22.5 Å². The molecule has 1 aromatic carbocycles. The SMILES string of the molecule is COc1cc2c(cc1O)C(C)(C)c1c(-c3ccc(C#N)nc3)nn(COCC[Si](C)(C)C)c1-2. The summed E-state index contributed by atoms with van der Waals surface area (Å²) < 4.78 is 13.4. The minimum absolute atomic E-state index is 0.113. The molecule has 2 heterocycles. The molecule has 8 heteroatoms. The molecular weight excluding hydrogens is 432 g/mol. The van der Waals surface area contributed by atoms with Gasteiger partial charge in [0, 0.05) is 43.0 Å². The zero-order valence-corrected chi connectivity index (χ0v) is 21.1. The van der Waals surface area contributed by atoms with E-state index in [9.17, 15) is 5.11 Å². The fourth-order valence-corrected chi connectivity index (χ4v) is 5.09. The van der Waals surface area contributed by atoms with Crippen molar-refractivity contribution >= 4 is 8.07 Å². The Kier molecular flexibility index (Phi) is 5.80. The smallest absolute Gasteiger partial charge is 0.161 e. The van der Waals surface area contributed by atoms with Crippen LogP contribution in [0.3, 0.4) is 0 Å². The van der Waals surface area contributed by atoms with Crippen molar-refractivity contribution in [3.8, 4) is 40.1 Å². The van der Waals surface area contributed by atoms with Gasteiger partial charge >= 0.3 is 0 Å². The lowest BCUT2D eigenvalue weighted by Gasteiger charge is -2.22. The molecule has 2 aromatic heterocycles. The topological polar surface area (TPSA) is 93.2 Å². The third-order valence-corrected chi connectivity index (χ3v) is 7.89. The lowest BCUT2D eigenvalue weighted by atomic mass is 9.81. The molecule has 0 saturated heterocycles. The maximum absolute atomic E-state index is 10.5. The van der Waals surface area contributed by atoms with E-state index in [1.165, 1.54) is 0 Å². The monoisotopic (exact) mass is 462 g/mol. The number of rotatable bonds is 7. The van der Waals surface area contributed by atoms with E-state index in [1.807, 2.05) is 16.8 Å². The highest BCUT2D eigenvalue weighted by molar-refractivity contribution is 6.76. The Bertz CT molecular complexity index is 1230. The fraction of sp³-hybridized carbons (Fsp3) is 0.400. The van der Waals surface area contributed by atoms with Crippen LogP contribution in [0.2, 0.25) is 25.7 Å². The quantitative estimate of drug-likeness (QED) is 0.385. The van der Waals surface area contributed by atoms with Crippen molar-refractivity contribution in [3.05, 3.63) is 47.3 Å². The number of hydrogen-bond donors (Lipinski definition) is 1. The maximum Gasteiger partial charge on any atom is 0.161 e. The lowest BCUT2D eigenvalue weighted by molar-refractivity contribution is 0.0799. The minimum Gasteiger partial charge on any atom is -0.504 e. The van der Waals surface area contributed by atoms with Gasteiger partial charge in [-0.05, 0) is 35.9 Å². The van der Waals surface area contributed by atoms with Crippen molar-refractivity contribution in [3.63, 3.8) is 0 Å². The Hall–Kier alpha value is -3.15. The number of ether oxygens (including phenoxy) is 2. The van der Waals surface area contributed by atoms with E-state index < -0.39 is 13.5 Å². The molecule has 0 amide bonds. The number of benzene rings is 1. The molecule has 4 rings (SSSR count). The molecule has 0 radical (unpaired) electrons. The summed E-state index contributed by atoms with van der Waals surface area (Å²) in [6, 6.07) is 10.4. The molecule has 1 aliphatic carbocycles. The molecule has 0 bridgehead atoms. The summed E-state index contributed by atoms with van der Waals surface area (Å²) in [5.74, 6) is 0.536. The highest BCUT2D eigenvalue weighted by atomic mass is 28.3. The van der Waals surface area contributed by atoms with Gasteiger partial charge in [0.2, 0.25) is 0 Å². The van der Waals surface area contributed by atoms with Crippen molar-refractivity contribution in [1.29, 1.82) is 5.26 Å². The predicted molar refractivity (Wildman–Crippen MR) is 130 cm³/mol. The number of pyridine rings is 1. The summed E-state index contributed by atoms with van der Waals surface area (Å²) in [6.07, 6.45) is 1.69. The van der Waals surface area contributed by atoms with Crippen LogP contribution in [0.1, 0.15) is 30.7 Å². The third kappa shape index (κ3) is 4.14. The first-order valence-electron chi connectivity index (χ1n) is 11.0. The van der Waals surface area contributed by atoms with Gasteiger partial charge in [0.25, 0.3) is 0 Å². The van der Waals surface area contributed by atoms with Gasteiger partial charge in [-0.15, -0.1) is 0 Å². The molecule has 0 fully saturated rings. The number of fused-ring (bicyclic) bond motifs is 3. The Morgan fingerprint density at radius 2 is 1.97 bits per heavy atom. The number of hydrogen-bond acceptors (Lipinski definition) is 6. The van der Waals surface area contributed by atoms with Crippen LogP contribution in [0.15, 0.2) is 30.5 Å². The molecule has 3 aromatic rings. The fourth-order valence-electron chi connectivity index (χ4n) is 4.33. The summed E-state index contributed by atoms with van der Waals surface area (Å²) in [5, 5.41) is 24.5. The van der Waals surface area contributed by atoms with Crippen molar-refractivity contribution in [2.24, 2.45) is 0 Å². The number of methoxy groups -OCH3 is 1. The molecule has 0 unspecified atom stereocenters. The number of aromatic hydroxyl groups is 1. The van der Waals surface area contributed by atoms with E-state index >= 15 is 0 Å². The maximum atomic E-state index is 10.5. The first-order chi connectivity index (χ1) is 15.6. The highest BCUT2D eigenvalue weighted by Crippen LogP contribution is 2.54. The van der Waals surface area contributed by atoms with Crippen LogP contribution >= 0.6 is 0 Å². The molecular formula is C25H30N4O3Si. The largest absolute Gasteiger partial charge is 0.504 e. The minimum atomic E-state index is -1.21. The summed E-state index contributed by atoms with van der Waals surface area (Å²) in [6.45, 7) is 12.3. The third-order valence-electron chi connectivity index (χ3n) is 6.19. The van der Waals surface area contributed by atoms with Crippen molar-refractivity contribution in [1.82, 2.24) is 14.8 Å². The van der Waals surface area contributed by atoms with E-state index in [4.69, 9.17) is 19.8 Å². The average Bonchev–Trinajstić information content (AvgIpc) is 3.25. The van der Waals surface area contributed by atoms with Crippen molar-refractivity contribution < 1.29 is 14.6 Å². The zero-order valence-electron chi connectivity index (χ0n) is 20.1. The van der Waals surface area contributed by atoms with Crippen LogP contribution in [0.5, 0.6) is 11.5 Å². The van der Waals surface area contributed by atoms with Gasteiger partial charge in [-0.1, -0.05) is 33.5 Å². The van der Waals surface area contributed by atoms with Crippen LogP contribution < -0.4 is 4.74 Å². The van der Waals surface area contributed by atoms with Gasteiger partial charge in [-0.25, -0.2) is 9.67 Å². The number of nitriles is 1.